The Kier molecular flexibility index (Phi) is 8.56. The molecule has 0 fully saturated rings. The Labute approximate surface area is 349 Å². The topological polar surface area (TPSA) is 106 Å². The van der Waals surface area contributed by atoms with Gasteiger partial charge in [-0.2, -0.15) is 0 Å². The van der Waals surface area contributed by atoms with Crippen LogP contribution in [-0.4, -0.2) is 37.3 Å². The van der Waals surface area contributed by atoms with E-state index < -0.39 is 0 Å². The SMILES string of the molecule is [2H]Cc1ccc2c(c1)-c1cc(CO[2H])ccc1C2CC(C(C)CC1c2ccc(CO[2H])cc2-c2cc(CO[2H])ccc21)C(C)Cn1c2ccc(CO[2H])cc2c2cc(CO[2H])ccc21. The molecule has 6 heteroatoms. The molecule has 2 aliphatic rings. The molecular weight excluding hydrogens is 719 g/mol. The van der Waals surface area contributed by atoms with Crippen molar-refractivity contribution in [2.45, 2.75) is 85.0 Å². The van der Waals surface area contributed by atoms with Crippen molar-refractivity contribution in [3.8, 4) is 22.3 Å². The molecule has 0 aliphatic heterocycles. The number of aromatic nitrogens is 1. The number of nitrogens with zero attached hydrogens (tertiary/aromatic N) is 1. The van der Waals surface area contributed by atoms with Gasteiger partial charge in [-0.05, 0) is 152 Å². The van der Waals surface area contributed by atoms with Gasteiger partial charge in [0.25, 0.3) is 0 Å². The second-order valence-corrected chi connectivity index (χ2v) is 16.9. The van der Waals surface area contributed by atoms with Gasteiger partial charge in [0, 0.05) is 41.6 Å². The molecule has 6 nitrogen and oxygen atoms in total. The molecule has 296 valence electrons. The van der Waals surface area contributed by atoms with Crippen LogP contribution in [0.2, 0.25) is 0 Å². The molecular formula is C52H53NO5. The Bertz CT molecular complexity index is 2690. The fraction of sp³-hybridized carbons (Fsp3) is 0.308. The molecule has 0 radical (unpaired) electrons. The Morgan fingerprint density at radius 3 is 1.38 bits per heavy atom. The summed E-state index contributed by atoms with van der Waals surface area (Å²) in [4.78, 5) is 0. The molecule has 58 heavy (non-hydrogen) atoms. The van der Waals surface area contributed by atoms with E-state index in [1.54, 1.807) is 0 Å². The Balaban J connectivity index is 1.14. The van der Waals surface area contributed by atoms with Crippen LogP contribution in [0.3, 0.4) is 0 Å². The second-order valence-electron chi connectivity index (χ2n) is 16.9. The van der Waals surface area contributed by atoms with Crippen molar-refractivity contribution in [1.82, 2.24) is 4.57 Å². The van der Waals surface area contributed by atoms with Gasteiger partial charge in [0.05, 0.1) is 33.0 Å². The van der Waals surface area contributed by atoms with E-state index in [4.69, 9.17) is 34.1 Å². The van der Waals surface area contributed by atoms with E-state index in [-0.39, 0.29) is 69.5 Å². The summed E-state index contributed by atoms with van der Waals surface area (Å²) >= 11 is 0. The smallest absolute Gasteiger partial charge is 0.211 e. The number of aliphatic hydroxyl groups is 5. The molecule has 7 aromatic rings. The minimum atomic E-state index is 0.117. The van der Waals surface area contributed by atoms with Gasteiger partial charge in [0.15, 0.2) is 0 Å². The predicted octanol–water partition coefficient (Wildman–Crippen LogP) is 9.86. The Hall–Kier alpha value is -5.08. The summed E-state index contributed by atoms with van der Waals surface area (Å²) in [6, 6.07) is 38.5. The molecule has 4 unspecified atom stereocenters. The number of aliphatic hydroxyl groups excluding tert-OH is 5. The maximum atomic E-state index is 8.22. The van der Waals surface area contributed by atoms with Crippen LogP contribution in [0, 0.1) is 24.7 Å². The zero-order chi connectivity index (χ0) is 44.5. The highest BCUT2D eigenvalue weighted by molar-refractivity contribution is 6.08. The minimum Gasteiger partial charge on any atom is -0.392 e. The van der Waals surface area contributed by atoms with Crippen molar-refractivity contribution in [2.24, 2.45) is 17.8 Å². The summed E-state index contributed by atoms with van der Waals surface area (Å²) in [6.45, 7) is 6.75. The first-order valence-electron chi connectivity index (χ1n) is 23.3. The predicted molar refractivity (Wildman–Crippen MR) is 232 cm³/mol. The fourth-order valence-electron chi connectivity index (χ4n) is 10.5. The molecule has 0 amide bonds. The average molecular weight is 778 g/mol. The lowest BCUT2D eigenvalue weighted by Gasteiger charge is -2.35. The molecule has 5 N–H and O–H groups in total. The zero-order valence-corrected chi connectivity index (χ0v) is 33.1. The molecule has 0 bridgehead atoms. The third kappa shape index (κ3) is 6.58. The summed E-state index contributed by atoms with van der Waals surface area (Å²) in [6.07, 6.45) is 1.80. The lowest BCUT2D eigenvalue weighted by Crippen LogP contribution is -2.27. The monoisotopic (exact) mass is 777 g/mol. The lowest BCUT2D eigenvalue weighted by atomic mass is 9.71. The van der Waals surface area contributed by atoms with Gasteiger partial charge in [0.1, 0.15) is 0 Å². The van der Waals surface area contributed by atoms with Gasteiger partial charge >= 0.3 is 0 Å². The van der Waals surface area contributed by atoms with Gasteiger partial charge in [-0.15, -0.1) is 0 Å². The third-order valence-electron chi connectivity index (χ3n) is 13.4. The van der Waals surface area contributed by atoms with E-state index in [2.05, 4.69) is 115 Å². The normalized spacial score (nSPS) is 17.4. The quantitative estimate of drug-likeness (QED) is 0.0597. The van der Waals surface area contributed by atoms with Crippen molar-refractivity contribution >= 4 is 21.8 Å². The van der Waals surface area contributed by atoms with Crippen LogP contribution >= 0.6 is 0 Å². The van der Waals surface area contributed by atoms with E-state index in [9.17, 15) is 0 Å². The molecule has 1 aromatic heterocycles. The van der Waals surface area contributed by atoms with E-state index in [1.807, 2.05) is 12.1 Å². The van der Waals surface area contributed by atoms with Crippen LogP contribution in [0.4, 0.5) is 0 Å². The van der Waals surface area contributed by atoms with Crippen molar-refractivity contribution in [1.29, 1.82) is 7.16 Å². The first-order chi connectivity index (χ1) is 31.3. The standard InChI is InChI=1S/C52H53NO5/c1-30-4-10-38-43(16-30)45-18-33(25-54)7-13-41(45)48(38)23-42(31(2)17-44-39-11-5-34(26-55)19-46(39)47-20-35(27-56)6-12-40(44)47)32(3)24-53-51-14-8-36(28-57)21-49(51)50-22-37(29-58)9-15-52(50)53/h4-16,18-22,31-32,42,44,48,54-58H,17,23-29H2,1-3H3/i1D,54D,55D,56D,57D,58D. The van der Waals surface area contributed by atoms with E-state index in [0.29, 0.717) is 0 Å². The van der Waals surface area contributed by atoms with Crippen molar-refractivity contribution < 1.29 is 26.9 Å². The van der Waals surface area contributed by atoms with Crippen LogP contribution in [0.25, 0.3) is 44.1 Å². The molecule has 6 aromatic carbocycles. The minimum absolute atomic E-state index is 0.117. The maximum Gasteiger partial charge on any atom is 0.211 e. The largest absolute Gasteiger partial charge is 0.392 e. The molecule has 0 saturated carbocycles. The number of hydrogen-bond acceptors (Lipinski definition) is 5. The Morgan fingerprint density at radius 1 is 0.500 bits per heavy atom. The first kappa shape index (κ1) is 31.9. The molecule has 1 heterocycles. The third-order valence-corrected chi connectivity index (χ3v) is 13.4. The summed E-state index contributed by atoms with van der Waals surface area (Å²) < 4.78 is 47.9. The molecule has 4 atom stereocenters. The van der Waals surface area contributed by atoms with Crippen molar-refractivity contribution in [3.63, 3.8) is 0 Å². The number of aryl methyl sites for hydroxylation is 1. The highest BCUT2D eigenvalue weighted by Crippen LogP contribution is 2.53. The fourth-order valence-corrected chi connectivity index (χ4v) is 10.5. The van der Waals surface area contributed by atoms with Crippen LogP contribution in [0.15, 0.2) is 109 Å². The molecule has 9 rings (SSSR count). The highest BCUT2D eigenvalue weighted by Gasteiger charge is 2.38. The van der Waals surface area contributed by atoms with Gasteiger partial charge in [0.2, 0.25) is 7.16 Å². The van der Waals surface area contributed by atoms with Crippen molar-refractivity contribution in [3.05, 3.63) is 165 Å². The van der Waals surface area contributed by atoms with E-state index in [1.165, 1.54) is 22.3 Å². The summed E-state index contributed by atoms with van der Waals surface area (Å²) in [5, 5.41) is 26.2. The molecule has 2 aliphatic carbocycles. The van der Waals surface area contributed by atoms with Crippen LogP contribution in [-0.2, 0) is 39.6 Å². The van der Waals surface area contributed by atoms with Crippen molar-refractivity contribution in [2.75, 3.05) is 0 Å². The average Bonchev–Trinajstić information content (AvgIpc) is 3.89. The second kappa shape index (κ2) is 15.6. The Morgan fingerprint density at radius 2 is 0.914 bits per heavy atom. The highest BCUT2D eigenvalue weighted by atomic mass is 16.3. The van der Waals surface area contributed by atoms with Gasteiger partial charge in [-0.1, -0.05) is 86.1 Å². The number of benzene rings is 6. The molecule has 0 spiro atoms. The van der Waals surface area contributed by atoms with Gasteiger partial charge in [-0.25, -0.2) is 0 Å². The molecule has 0 saturated heterocycles. The van der Waals surface area contributed by atoms with Crippen LogP contribution < -0.4 is 0 Å². The first-order valence-corrected chi connectivity index (χ1v) is 20.5. The van der Waals surface area contributed by atoms with Crippen LogP contribution in [0.1, 0.15) is 95.5 Å². The van der Waals surface area contributed by atoms with Gasteiger partial charge < -0.3 is 30.1 Å². The van der Waals surface area contributed by atoms with E-state index in [0.717, 1.165) is 96.8 Å². The lowest BCUT2D eigenvalue weighted by molar-refractivity contribution is 0.200. The number of fused-ring (bicyclic) bond motifs is 9. The van der Waals surface area contributed by atoms with Crippen LogP contribution in [0.5, 0.6) is 0 Å². The summed E-state index contributed by atoms with van der Waals surface area (Å²) in [7, 11) is 0. The van der Waals surface area contributed by atoms with Gasteiger partial charge in [-0.3, -0.25) is 0 Å². The van der Waals surface area contributed by atoms with E-state index >= 15 is 0 Å². The summed E-state index contributed by atoms with van der Waals surface area (Å²) in [5.41, 5.74) is 17.5. The number of hydrogen-bond donors (Lipinski definition) is 5. The zero-order valence-electron chi connectivity index (χ0n) is 39.1. The number of rotatable bonds is 18. The maximum absolute atomic E-state index is 8.22. The summed E-state index contributed by atoms with van der Waals surface area (Å²) in [5.74, 6) is 0.926.